The topological polar surface area (TPSA) is 50.2 Å². The molecule has 0 unspecified atom stereocenters. The van der Waals surface area contributed by atoms with Gasteiger partial charge in [0.25, 0.3) is 5.91 Å². The predicted octanol–water partition coefficient (Wildman–Crippen LogP) is 1.40. The Morgan fingerprint density at radius 3 is 1.89 bits per heavy atom. The van der Waals surface area contributed by atoms with Crippen molar-refractivity contribution in [2.75, 3.05) is 39.0 Å². The van der Waals surface area contributed by atoms with E-state index >= 15 is 0 Å². The average Bonchev–Trinajstić information content (AvgIpc) is 2.43. The lowest BCUT2D eigenvalue weighted by Gasteiger charge is -2.23. The molecular weight excluding hydrogens is 376 g/mol. The monoisotopic (exact) mass is 401 g/mol. The number of benzene rings is 1. The van der Waals surface area contributed by atoms with Gasteiger partial charge in [-0.1, -0.05) is 0 Å². The Hall–Kier alpha value is -1.81. The summed E-state index contributed by atoms with van der Waals surface area (Å²) in [5.74, 6) is -0.671. The van der Waals surface area contributed by atoms with Gasteiger partial charge in [0, 0.05) is 5.69 Å². The van der Waals surface area contributed by atoms with E-state index in [1.807, 2.05) is 27.9 Å². The molecule has 10 heteroatoms. The lowest BCUT2D eigenvalue weighted by molar-refractivity contribution is -0.868. The average molecular weight is 401 g/mol. The van der Waals surface area contributed by atoms with Crippen molar-refractivity contribution in [1.29, 1.82) is 0 Å². The number of anilines is 1. The number of carbonyl (C=O) groups is 1. The number of quaternary nitrogens is 2. The molecule has 0 heterocycles. The molecule has 1 aromatic rings. The minimum atomic E-state index is -4.95. The van der Waals surface area contributed by atoms with Crippen molar-refractivity contribution < 1.29 is 41.4 Å². The van der Waals surface area contributed by atoms with E-state index in [0.29, 0.717) is 18.7 Å². The van der Waals surface area contributed by atoms with Crippen LogP contribution in [0.2, 0.25) is 0 Å². The third-order valence-corrected chi connectivity index (χ3v) is 3.73. The van der Waals surface area contributed by atoms with Gasteiger partial charge >= 0.3 is 12.4 Å². The first kappa shape index (κ1) is 23.2. The van der Waals surface area contributed by atoms with E-state index in [4.69, 9.17) is 0 Å². The second-order valence-electron chi connectivity index (χ2n) is 7.59. The number of hydrogen-bond acceptors (Lipinski definition) is 1. The number of amides is 1. The molecule has 0 spiro atoms. The maximum atomic E-state index is 12.8. The van der Waals surface area contributed by atoms with E-state index in [1.54, 1.807) is 5.32 Å². The lowest BCUT2D eigenvalue weighted by atomic mass is 9.93. The molecule has 0 aromatic heterocycles. The summed E-state index contributed by atoms with van der Waals surface area (Å²) in [7, 11) is 3.97. The molecule has 0 atom stereocenters. The van der Waals surface area contributed by atoms with Crippen molar-refractivity contribution in [1.82, 2.24) is 0 Å². The second-order valence-corrected chi connectivity index (χ2v) is 7.59. The summed E-state index contributed by atoms with van der Waals surface area (Å²) in [5, 5.41) is 3.80. The number of nitrogens with one attached hydrogen (secondary N) is 2. The van der Waals surface area contributed by atoms with E-state index in [2.05, 4.69) is 5.32 Å². The fourth-order valence-electron chi connectivity index (χ4n) is 2.86. The van der Waals surface area contributed by atoms with Crippen molar-refractivity contribution in [3.05, 3.63) is 29.3 Å². The molecule has 1 amide bonds. The third kappa shape index (κ3) is 8.17. The molecule has 1 aromatic carbocycles. The van der Waals surface area contributed by atoms with E-state index in [1.165, 1.54) is 4.90 Å². The molecule has 0 saturated heterocycles. The SMILES string of the molecule is C[NH+](C)CC(C)(C)C[NH2+]CC(=O)Nc1cc(C(F)(F)F)cc(C(F)(F)F)c1. The Labute approximate surface area is 153 Å². The van der Waals surface area contributed by atoms with Gasteiger partial charge in [-0.3, -0.25) is 4.79 Å². The van der Waals surface area contributed by atoms with Crippen LogP contribution in [0.3, 0.4) is 0 Å². The Balaban J connectivity index is 2.81. The summed E-state index contributed by atoms with van der Waals surface area (Å²) < 4.78 is 76.9. The fraction of sp³-hybridized carbons (Fsp3) is 0.588. The zero-order valence-corrected chi connectivity index (χ0v) is 15.6. The molecule has 0 saturated carbocycles. The van der Waals surface area contributed by atoms with Crippen LogP contribution in [0.4, 0.5) is 32.0 Å². The summed E-state index contributed by atoms with van der Waals surface area (Å²) in [5.41, 5.74) is -3.55. The number of carbonyl (C=O) groups excluding carboxylic acids is 1. The molecule has 4 N–H and O–H groups in total. The number of rotatable bonds is 7. The van der Waals surface area contributed by atoms with Crippen molar-refractivity contribution in [3.8, 4) is 0 Å². The van der Waals surface area contributed by atoms with Gasteiger partial charge in [0.2, 0.25) is 0 Å². The molecule has 0 aliphatic heterocycles. The van der Waals surface area contributed by atoms with E-state index in [-0.39, 0.29) is 18.0 Å². The summed E-state index contributed by atoms with van der Waals surface area (Å²) in [6.07, 6.45) is -9.91. The smallest absolute Gasteiger partial charge is 0.339 e. The van der Waals surface area contributed by atoms with Gasteiger partial charge in [-0.2, -0.15) is 26.3 Å². The number of hydrogen-bond donors (Lipinski definition) is 3. The van der Waals surface area contributed by atoms with Crippen LogP contribution in [-0.2, 0) is 17.1 Å². The first-order valence-corrected chi connectivity index (χ1v) is 8.30. The van der Waals surface area contributed by atoms with Crippen LogP contribution in [0, 0.1) is 5.41 Å². The highest BCUT2D eigenvalue weighted by Crippen LogP contribution is 2.37. The largest absolute Gasteiger partial charge is 0.416 e. The van der Waals surface area contributed by atoms with Gasteiger partial charge in [0.15, 0.2) is 6.54 Å². The zero-order chi connectivity index (χ0) is 21.0. The molecular formula is C17H25F6N3O+2. The van der Waals surface area contributed by atoms with Crippen LogP contribution in [-0.4, -0.2) is 39.6 Å². The van der Waals surface area contributed by atoms with Crippen LogP contribution >= 0.6 is 0 Å². The zero-order valence-electron chi connectivity index (χ0n) is 15.6. The number of alkyl halides is 6. The summed E-state index contributed by atoms with van der Waals surface area (Å²) in [6.45, 7) is 5.34. The van der Waals surface area contributed by atoms with Crippen LogP contribution in [0.15, 0.2) is 18.2 Å². The van der Waals surface area contributed by atoms with Crippen LogP contribution < -0.4 is 15.5 Å². The van der Waals surface area contributed by atoms with Crippen molar-refractivity contribution in [2.45, 2.75) is 26.2 Å². The molecule has 0 aliphatic rings. The molecule has 154 valence electrons. The predicted molar refractivity (Wildman–Crippen MR) is 88.2 cm³/mol. The van der Waals surface area contributed by atoms with Crippen molar-refractivity contribution in [3.63, 3.8) is 0 Å². The molecule has 1 rings (SSSR count). The number of nitrogens with two attached hydrogens (primary N) is 1. The van der Waals surface area contributed by atoms with E-state index < -0.39 is 35.1 Å². The van der Waals surface area contributed by atoms with E-state index in [9.17, 15) is 31.1 Å². The minimum absolute atomic E-state index is 0.0217. The molecule has 0 bridgehead atoms. The van der Waals surface area contributed by atoms with Crippen molar-refractivity contribution >= 4 is 11.6 Å². The molecule has 27 heavy (non-hydrogen) atoms. The van der Waals surface area contributed by atoms with Crippen LogP contribution in [0.5, 0.6) is 0 Å². The normalized spacial score (nSPS) is 13.1. The molecule has 0 aliphatic carbocycles. The maximum absolute atomic E-state index is 12.8. The third-order valence-electron chi connectivity index (χ3n) is 3.73. The van der Waals surface area contributed by atoms with Crippen LogP contribution in [0.1, 0.15) is 25.0 Å². The number of halogens is 6. The quantitative estimate of drug-likeness (QED) is 0.595. The van der Waals surface area contributed by atoms with Crippen LogP contribution in [0.25, 0.3) is 0 Å². The molecule has 0 fully saturated rings. The second kappa shape index (κ2) is 8.47. The van der Waals surface area contributed by atoms with Gasteiger partial charge < -0.3 is 15.5 Å². The lowest BCUT2D eigenvalue weighted by Crippen LogP contribution is -3.08. The Morgan fingerprint density at radius 2 is 1.48 bits per heavy atom. The van der Waals surface area contributed by atoms with Gasteiger partial charge in [0.1, 0.15) is 0 Å². The molecule has 4 nitrogen and oxygen atoms in total. The highest BCUT2D eigenvalue weighted by Gasteiger charge is 2.37. The summed E-state index contributed by atoms with van der Waals surface area (Å²) in [4.78, 5) is 13.2. The highest BCUT2D eigenvalue weighted by molar-refractivity contribution is 5.91. The highest BCUT2D eigenvalue weighted by atomic mass is 19.4. The van der Waals surface area contributed by atoms with Crippen molar-refractivity contribution in [2.24, 2.45) is 5.41 Å². The minimum Gasteiger partial charge on any atom is -0.339 e. The first-order valence-electron chi connectivity index (χ1n) is 8.30. The molecule has 0 radical (unpaired) electrons. The Bertz CT molecular complexity index is 621. The Kier molecular flexibility index (Phi) is 7.29. The van der Waals surface area contributed by atoms with Gasteiger partial charge in [0.05, 0.1) is 43.7 Å². The Morgan fingerprint density at radius 1 is 1.00 bits per heavy atom. The standard InChI is InChI=1S/C17H23F6N3O/c1-15(2,10-26(3)4)9-24-8-14(27)25-13-6-11(16(18,19)20)5-12(7-13)17(21,22)23/h5-7,24H,8-10H2,1-4H3,(H,25,27)/p+2. The van der Waals surface area contributed by atoms with E-state index in [0.717, 1.165) is 6.54 Å². The summed E-state index contributed by atoms with van der Waals surface area (Å²) in [6, 6.07) is 1.01. The maximum Gasteiger partial charge on any atom is 0.416 e. The van der Waals surface area contributed by atoms with Gasteiger partial charge in [-0.05, 0) is 32.0 Å². The van der Waals surface area contributed by atoms with Gasteiger partial charge in [-0.25, -0.2) is 0 Å². The first-order chi connectivity index (χ1) is 12.1. The van der Waals surface area contributed by atoms with Gasteiger partial charge in [-0.15, -0.1) is 0 Å². The fourth-order valence-corrected chi connectivity index (χ4v) is 2.86. The summed E-state index contributed by atoms with van der Waals surface area (Å²) >= 11 is 0.